The van der Waals surface area contributed by atoms with Crippen molar-refractivity contribution >= 4 is 57.8 Å². The van der Waals surface area contributed by atoms with Crippen molar-refractivity contribution in [2.75, 3.05) is 11.1 Å². The van der Waals surface area contributed by atoms with E-state index in [9.17, 15) is 4.79 Å². The summed E-state index contributed by atoms with van der Waals surface area (Å²) in [4.78, 5) is 16.7. The Labute approximate surface area is 175 Å². The van der Waals surface area contributed by atoms with E-state index >= 15 is 0 Å². The van der Waals surface area contributed by atoms with Gasteiger partial charge in [0, 0.05) is 22.6 Å². The summed E-state index contributed by atoms with van der Waals surface area (Å²) in [6.45, 7) is 4.18. The molecule has 142 valence electrons. The zero-order valence-electron chi connectivity index (χ0n) is 15.1. The Bertz CT molecular complexity index is 876. The van der Waals surface area contributed by atoms with Gasteiger partial charge in [0.15, 0.2) is 8.68 Å². The molecule has 0 aliphatic rings. The molecular weight excluding hydrogens is 416 g/mol. The van der Waals surface area contributed by atoms with Crippen molar-refractivity contribution in [1.29, 1.82) is 0 Å². The molecule has 0 aliphatic carbocycles. The molecule has 3 rings (SSSR count). The van der Waals surface area contributed by atoms with Crippen LogP contribution in [0.3, 0.4) is 0 Å². The normalized spacial score (nSPS) is 10.9. The summed E-state index contributed by atoms with van der Waals surface area (Å²) in [7, 11) is 0. The maximum atomic E-state index is 12.2. The highest BCUT2D eigenvalue weighted by Gasteiger charge is 2.10. The van der Waals surface area contributed by atoms with Gasteiger partial charge in [-0.25, -0.2) is 4.98 Å². The lowest BCUT2D eigenvalue weighted by atomic mass is 10.2. The molecule has 2 heterocycles. The lowest BCUT2D eigenvalue weighted by molar-refractivity contribution is -0.115. The van der Waals surface area contributed by atoms with E-state index in [-0.39, 0.29) is 5.91 Å². The molecule has 9 heteroatoms. The second kappa shape index (κ2) is 10.2. The minimum atomic E-state index is -0.0471. The molecule has 0 radical (unpaired) electrons. The van der Waals surface area contributed by atoms with Gasteiger partial charge in [-0.3, -0.25) is 4.79 Å². The van der Waals surface area contributed by atoms with Crippen molar-refractivity contribution in [3.8, 4) is 0 Å². The van der Waals surface area contributed by atoms with Gasteiger partial charge in [0.05, 0.1) is 12.1 Å². The molecule has 3 aromatic rings. The van der Waals surface area contributed by atoms with E-state index in [1.165, 1.54) is 16.9 Å². The van der Waals surface area contributed by atoms with Gasteiger partial charge in [-0.2, -0.15) is 0 Å². The first kappa shape index (κ1) is 20.3. The first-order valence-electron chi connectivity index (χ1n) is 8.51. The maximum Gasteiger partial charge on any atom is 0.231 e. The SMILES string of the molecule is CCCSc1nnc(SCc2csc(CC(=O)Nc3ccc(C)cc3)n2)s1. The molecule has 0 saturated heterocycles. The number of nitrogens with zero attached hydrogens (tertiary/aromatic N) is 3. The van der Waals surface area contributed by atoms with Crippen LogP contribution in [-0.2, 0) is 17.0 Å². The van der Waals surface area contributed by atoms with Crippen LogP contribution in [0.5, 0.6) is 0 Å². The molecular formula is C18H20N4OS4. The highest BCUT2D eigenvalue weighted by molar-refractivity contribution is 8.02. The minimum absolute atomic E-state index is 0.0471. The Morgan fingerprint density at radius 2 is 1.89 bits per heavy atom. The molecule has 1 amide bonds. The molecule has 0 fully saturated rings. The van der Waals surface area contributed by atoms with Gasteiger partial charge in [-0.05, 0) is 25.5 Å². The molecule has 0 unspecified atom stereocenters. The highest BCUT2D eigenvalue weighted by Crippen LogP contribution is 2.31. The quantitative estimate of drug-likeness (QED) is 0.460. The molecule has 1 aromatic carbocycles. The first-order chi connectivity index (χ1) is 13.1. The summed E-state index contributed by atoms with van der Waals surface area (Å²) >= 11 is 6.54. The van der Waals surface area contributed by atoms with E-state index in [0.29, 0.717) is 6.42 Å². The van der Waals surface area contributed by atoms with E-state index in [4.69, 9.17) is 0 Å². The number of hydrogen-bond acceptors (Lipinski definition) is 8. The van der Waals surface area contributed by atoms with Gasteiger partial charge in [0.25, 0.3) is 0 Å². The molecule has 0 spiro atoms. The number of nitrogens with one attached hydrogen (secondary N) is 1. The van der Waals surface area contributed by atoms with Crippen LogP contribution in [0.1, 0.15) is 29.6 Å². The fourth-order valence-electron chi connectivity index (χ4n) is 2.11. The van der Waals surface area contributed by atoms with Crippen LogP contribution in [0.15, 0.2) is 38.3 Å². The summed E-state index contributed by atoms with van der Waals surface area (Å²) in [5.74, 6) is 1.76. The molecule has 0 atom stereocenters. The average molecular weight is 437 g/mol. The van der Waals surface area contributed by atoms with Crippen molar-refractivity contribution in [1.82, 2.24) is 15.2 Å². The monoisotopic (exact) mass is 436 g/mol. The summed E-state index contributed by atoms with van der Waals surface area (Å²) in [6, 6.07) is 7.78. The molecule has 27 heavy (non-hydrogen) atoms. The predicted octanol–water partition coefficient (Wildman–Crippen LogP) is 5.28. The van der Waals surface area contributed by atoms with Crippen LogP contribution in [0.4, 0.5) is 5.69 Å². The van der Waals surface area contributed by atoms with E-state index in [2.05, 4.69) is 27.4 Å². The fraction of sp³-hybridized carbons (Fsp3) is 0.333. The van der Waals surface area contributed by atoms with Gasteiger partial charge in [0.1, 0.15) is 5.01 Å². The Morgan fingerprint density at radius 3 is 2.63 bits per heavy atom. The number of aryl methyl sites for hydroxylation is 1. The van der Waals surface area contributed by atoms with E-state index in [0.717, 1.165) is 43.0 Å². The van der Waals surface area contributed by atoms with Crippen molar-refractivity contribution in [3.63, 3.8) is 0 Å². The number of anilines is 1. The molecule has 0 saturated carbocycles. The maximum absolute atomic E-state index is 12.2. The fourth-order valence-corrected chi connectivity index (χ4v) is 5.85. The van der Waals surface area contributed by atoms with Crippen molar-refractivity contribution in [3.05, 3.63) is 45.9 Å². The van der Waals surface area contributed by atoms with Crippen LogP contribution in [-0.4, -0.2) is 26.8 Å². The summed E-state index contributed by atoms with van der Waals surface area (Å²) in [6.07, 6.45) is 1.42. The van der Waals surface area contributed by atoms with Crippen LogP contribution in [0, 0.1) is 6.92 Å². The third kappa shape index (κ3) is 6.60. The van der Waals surface area contributed by atoms with E-state index in [1.807, 2.05) is 36.6 Å². The third-order valence-corrected chi connectivity index (χ3v) is 7.73. The largest absolute Gasteiger partial charge is 0.326 e. The molecule has 0 aliphatic heterocycles. The van der Waals surface area contributed by atoms with Crippen LogP contribution >= 0.6 is 46.2 Å². The molecule has 1 N–H and O–H groups in total. The lowest BCUT2D eigenvalue weighted by Gasteiger charge is -2.04. The van der Waals surface area contributed by atoms with Gasteiger partial charge in [-0.15, -0.1) is 21.5 Å². The Kier molecular flexibility index (Phi) is 7.69. The van der Waals surface area contributed by atoms with Crippen molar-refractivity contribution in [2.45, 2.75) is 41.1 Å². The van der Waals surface area contributed by atoms with E-state index in [1.54, 1.807) is 34.9 Å². The lowest BCUT2D eigenvalue weighted by Crippen LogP contribution is -2.14. The van der Waals surface area contributed by atoms with Gasteiger partial charge < -0.3 is 5.32 Å². The zero-order valence-corrected chi connectivity index (χ0v) is 18.4. The van der Waals surface area contributed by atoms with Crippen LogP contribution in [0.25, 0.3) is 0 Å². The van der Waals surface area contributed by atoms with Crippen molar-refractivity contribution < 1.29 is 4.79 Å². The topological polar surface area (TPSA) is 67.8 Å². The standard InChI is InChI=1S/C18H20N4OS4/c1-3-8-24-17-21-22-18(27-17)26-11-14-10-25-16(20-14)9-15(23)19-13-6-4-12(2)5-7-13/h4-7,10H,3,8-9,11H2,1-2H3,(H,19,23). The third-order valence-electron chi connectivity index (χ3n) is 3.41. The number of amides is 1. The summed E-state index contributed by atoms with van der Waals surface area (Å²) < 4.78 is 1.98. The Balaban J connectivity index is 1.47. The Hall–Kier alpha value is -1.42. The predicted molar refractivity (Wildman–Crippen MR) is 116 cm³/mol. The number of thioether (sulfide) groups is 2. The summed E-state index contributed by atoms with van der Waals surface area (Å²) in [5.41, 5.74) is 2.95. The molecule has 5 nitrogen and oxygen atoms in total. The summed E-state index contributed by atoms with van der Waals surface area (Å²) in [5, 5.41) is 14.2. The highest BCUT2D eigenvalue weighted by atomic mass is 32.2. The Morgan fingerprint density at radius 1 is 1.15 bits per heavy atom. The molecule has 0 bridgehead atoms. The average Bonchev–Trinajstić information content (AvgIpc) is 3.29. The smallest absolute Gasteiger partial charge is 0.231 e. The van der Waals surface area contributed by atoms with Gasteiger partial charge >= 0.3 is 0 Å². The van der Waals surface area contributed by atoms with E-state index < -0.39 is 0 Å². The zero-order chi connectivity index (χ0) is 19.1. The minimum Gasteiger partial charge on any atom is -0.326 e. The number of thiazole rings is 1. The number of rotatable bonds is 9. The van der Waals surface area contributed by atoms with Crippen LogP contribution < -0.4 is 5.32 Å². The number of carbonyl (C=O) groups is 1. The second-order valence-electron chi connectivity index (χ2n) is 5.79. The van der Waals surface area contributed by atoms with Gasteiger partial charge in [-0.1, -0.05) is 59.5 Å². The van der Waals surface area contributed by atoms with Gasteiger partial charge in [0.2, 0.25) is 5.91 Å². The number of aromatic nitrogens is 3. The number of hydrogen-bond donors (Lipinski definition) is 1. The first-order valence-corrected chi connectivity index (χ1v) is 12.2. The van der Waals surface area contributed by atoms with Crippen LogP contribution in [0.2, 0.25) is 0 Å². The van der Waals surface area contributed by atoms with Crippen molar-refractivity contribution in [2.24, 2.45) is 0 Å². The molecule has 2 aromatic heterocycles. The second-order valence-corrected chi connectivity index (χ2v) is 10.3. The number of benzene rings is 1. The number of carbonyl (C=O) groups excluding carboxylic acids is 1.